The zero-order chi connectivity index (χ0) is 13.1. The molecular formula is C14H16FN3O. The van der Waals surface area contributed by atoms with E-state index in [1.807, 2.05) is 0 Å². The van der Waals surface area contributed by atoms with Crippen LogP contribution in [0.3, 0.4) is 0 Å². The molecule has 0 radical (unpaired) electrons. The number of benzene rings is 1. The van der Waals surface area contributed by atoms with Gasteiger partial charge in [-0.25, -0.2) is 4.39 Å². The zero-order valence-corrected chi connectivity index (χ0v) is 10.6. The summed E-state index contributed by atoms with van der Waals surface area (Å²) in [5, 5.41) is 7.39. The van der Waals surface area contributed by atoms with Crippen LogP contribution in [0.25, 0.3) is 0 Å². The molecule has 5 heteroatoms. The molecule has 1 aromatic carbocycles. The van der Waals surface area contributed by atoms with Gasteiger partial charge in [-0.3, -0.25) is 0 Å². The van der Waals surface area contributed by atoms with E-state index in [4.69, 9.17) is 4.52 Å². The van der Waals surface area contributed by atoms with Crippen molar-refractivity contribution in [1.82, 2.24) is 15.5 Å². The van der Waals surface area contributed by atoms with Crippen LogP contribution in [-0.4, -0.2) is 23.2 Å². The highest BCUT2D eigenvalue weighted by atomic mass is 19.1. The van der Waals surface area contributed by atoms with Gasteiger partial charge in [-0.15, -0.1) is 0 Å². The van der Waals surface area contributed by atoms with Crippen molar-refractivity contribution in [1.29, 1.82) is 0 Å². The molecule has 4 nitrogen and oxygen atoms in total. The highest BCUT2D eigenvalue weighted by Crippen LogP contribution is 2.21. The van der Waals surface area contributed by atoms with Crippen LogP contribution in [0.5, 0.6) is 0 Å². The SMILES string of the molecule is Fc1ccc(Cc2nc(C3CCCNC3)no2)cc1. The fourth-order valence-corrected chi connectivity index (χ4v) is 2.35. The third-order valence-corrected chi connectivity index (χ3v) is 3.41. The van der Waals surface area contributed by atoms with Crippen molar-refractivity contribution in [3.63, 3.8) is 0 Å². The number of nitrogens with one attached hydrogen (secondary N) is 1. The quantitative estimate of drug-likeness (QED) is 0.920. The topological polar surface area (TPSA) is 51.0 Å². The molecule has 100 valence electrons. The molecule has 1 aliphatic rings. The Morgan fingerprint density at radius 3 is 2.89 bits per heavy atom. The molecule has 1 aliphatic heterocycles. The minimum absolute atomic E-state index is 0.233. The monoisotopic (exact) mass is 261 g/mol. The summed E-state index contributed by atoms with van der Waals surface area (Å²) in [7, 11) is 0. The Morgan fingerprint density at radius 1 is 1.32 bits per heavy atom. The van der Waals surface area contributed by atoms with Crippen LogP contribution in [0.15, 0.2) is 28.8 Å². The maximum absolute atomic E-state index is 12.8. The van der Waals surface area contributed by atoms with Crippen LogP contribution in [0.2, 0.25) is 0 Å². The molecule has 1 saturated heterocycles. The van der Waals surface area contributed by atoms with Crippen molar-refractivity contribution in [2.45, 2.75) is 25.2 Å². The van der Waals surface area contributed by atoms with E-state index >= 15 is 0 Å². The van der Waals surface area contributed by atoms with Gasteiger partial charge in [0.15, 0.2) is 5.82 Å². The van der Waals surface area contributed by atoms with Crippen LogP contribution in [0.4, 0.5) is 4.39 Å². The van der Waals surface area contributed by atoms with E-state index in [1.165, 1.54) is 12.1 Å². The van der Waals surface area contributed by atoms with Crippen molar-refractivity contribution in [3.8, 4) is 0 Å². The first-order chi connectivity index (χ1) is 9.31. The van der Waals surface area contributed by atoms with Gasteiger partial charge in [0.05, 0.1) is 6.42 Å². The third kappa shape index (κ3) is 2.98. The highest BCUT2D eigenvalue weighted by Gasteiger charge is 2.20. The van der Waals surface area contributed by atoms with Crippen LogP contribution < -0.4 is 5.32 Å². The predicted octanol–water partition coefficient (Wildman–Crippen LogP) is 2.27. The molecule has 2 aromatic rings. The number of hydrogen-bond acceptors (Lipinski definition) is 4. The molecule has 0 aliphatic carbocycles. The van der Waals surface area contributed by atoms with E-state index in [1.54, 1.807) is 12.1 Å². The van der Waals surface area contributed by atoms with Gasteiger partial charge in [0.25, 0.3) is 0 Å². The molecule has 3 rings (SSSR count). The van der Waals surface area contributed by atoms with Crippen molar-refractivity contribution in [2.75, 3.05) is 13.1 Å². The Hall–Kier alpha value is -1.75. The summed E-state index contributed by atoms with van der Waals surface area (Å²) in [4.78, 5) is 4.44. The van der Waals surface area contributed by atoms with Crippen LogP contribution in [-0.2, 0) is 6.42 Å². The van der Waals surface area contributed by atoms with E-state index < -0.39 is 0 Å². The largest absolute Gasteiger partial charge is 0.339 e. The van der Waals surface area contributed by atoms with Gasteiger partial charge >= 0.3 is 0 Å². The molecule has 0 bridgehead atoms. The number of piperidine rings is 1. The van der Waals surface area contributed by atoms with Gasteiger partial charge in [-0.2, -0.15) is 4.98 Å². The summed E-state index contributed by atoms with van der Waals surface area (Å²) in [6.45, 7) is 1.98. The standard InChI is InChI=1S/C14H16FN3O/c15-12-5-3-10(4-6-12)8-13-17-14(18-19-13)11-2-1-7-16-9-11/h3-6,11,16H,1-2,7-9H2. The van der Waals surface area contributed by atoms with Crippen LogP contribution >= 0.6 is 0 Å². The molecular weight excluding hydrogens is 245 g/mol. The lowest BCUT2D eigenvalue weighted by molar-refractivity contribution is 0.366. The highest BCUT2D eigenvalue weighted by molar-refractivity contribution is 5.19. The molecule has 1 atom stereocenters. The minimum atomic E-state index is -0.233. The molecule has 0 spiro atoms. The second-order valence-corrected chi connectivity index (χ2v) is 4.89. The Bertz CT molecular complexity index is 532. The average molecular weight is 261 g/mol. The zero-order valence-electron chi connectivity index (χ0n) is 10.6. The second kappa shape index (κ2) is 5.48. The van der Waals surface area contributed by atoms with Crippen LogP contribution in [0.1, 0.15) is 36.0 Å². The number of aromatic nitrogens is 2. The van der Waals surface area contributed by atoms with Crippen molar-refractivity contribution in [3.05, 3.63) is 47.4 Å². The number of nitrogens with zero attached hydrogens (tertiary/aromatic N) is 2. The number of rotatable bonds is 3. The first-order valence-electron chi connectivity index (χ1n) is 6.59. The van der Waals surface area contributed by atoms with E-state index in [0.717, 1.165) is 37.3 Å². The summed E-state index contributed by atoms with van der Waals surface area (Å²) in [6.07, 6.45) is 2.79. The van der Waals surface area contributed by atoms with Crippen LogP contribution in [0, 0.1) is 5.82 Å². The summed E-state index contributed by atoms with van der Waals surface area (Å²) in [5.41, 5.74) is 0.971. The summed E-state index contributed by atoms with van der Waals surface area (Å²) < 4.78 is 18.1. The van der Waals surface area contributed by atoms with Gasteiger partial charge in [0.1, 0.15) is 5.82 Å². The van der Waals surface area contributed by atoms with Gasteiger partial charge in [0, 0.05) is 12.5 Å². The maximum atomic E-state index is 12.8. The molecule has 1 aromatic heterocycles. The van der Waals surface area contributed by atoms with E-state index in [-0.39, 0.29) is 5.82 Å². The predicted molar refractivity (Wildman–Crippen MR) is 68.3 cm³/mol. The summed E-state index contributed by atoms with van der Waals surface area (Å²) >= 11 is 0. The molecule has 1 N–H and O–H groups in total. The summed E-state index contributed by atoms with van der Waals surface area (Å²) in [5.74, 6) is 1.49. The molecule has 1 unspecified atom stereocenters. The number of halogens is 1. The Labute approximate surface area is 111 Å². The molecule has 0 amide bonds. The van der Waals surface area contributed by atoms with Gasteiger partial charge < -0.3 is 9.84 Å². The number of hydrogen-bond donors (Lipinski definition) is 1. The molecule has 19 heavy (non-hydrogen) atoms. The first-order valence-corrected chi connectivity index (χ1v) is 6.59. The van der Waals surface area contributed by atoms with Gasteiger partial charge in [-0.1, -0.05) is 17.3 Å². The first kappa shape index (κ1) is 12.3. The Kier molecular flexibility index (Phi) is 3.55. The Morgan fingerprint density at radius 2 is 2.16 bits per heavy atom. The molecule has 2 heterocycles. The average Bonchev–Trinajstić information content (AvgIpc) is 2.91. The lowest BCUT2D eigenvalue weighted by Gasteiger charge is -2.19. The Balaban J connectivity index is 1.68. The van der Waals surface area contributed by atoms with Crippen molar-refractivity contribution >= 4 is 0 Å². The van der Waals surface area contributed by atoms with E-state index in [2.05, 4.69) is 15.5 Å². The van der Waals surface area contributed by atoms with Crippen molar-refractivity contribution in [2.24, 2.45) is 0 Å². The van der Waals surface area contributed by atoms with Gasteiger partial charge in [0.2, 0.25) is 5.89 Å². The lowest BCUT2D eigenvalue weighted by Crippen LogP contribution is -2.28. The second-order valence-electron chi connectivity index (χ2n) is 4.89. The normalized spacial score (nSPS) is 19.5. The summed E-state index contributed by atoms with van der Waals surface area (Å²) in [6, 6.07) is 6.36. The minimum Gasteiger partial charge on any atom is -0.339 e. The smallest absolute Gasteiger partial charge is 0.231 e. The third-order valence-electron chi connectivity index (χ3n) is 3.41. The van der Waals surface area contributed by atoms with E-state index in [0.29, 0.717) is 18.2 Å². The van der Waals surface area contributed by atoms with E-state index in [9.17, 15) is 4.39 Å². The lowest BCUT2D eigenvalue weighted by atomic mass is 9.99. The van der Waals surface area contributed by atoms with Gasteiger partial charge in [-0.05, 0) is 37.1 Å². The van der Waals surface area contributed by atoms with Crippen molar-refractivity contribution < 1.29 is 8.91 Å². The molecule has 0 saturated carbocycles. The fourth-order valence-electron chi connectivity index (χ4n) is 2.35. The maximum Gasteiger partial charge on any atom is 0.231 e. The molecule has 1 fully saturated rings. The fraction of sp³-hybridized carbons (Fsp3) is 0.429.